The topological polar surface area (TPSA) is 130 Å². The van der Waals surface area contributed by atoms with Gasteiger partial charge in [0.15, 0.2) is 0 Å². The van der Waals surface area contributed by atoms with Crippen LogP contribution in [0, 0.1) is 23.7 Å². The minimum Gasteiger partial charge on any atom is -0.462 e. The summed E-state index contributed by atoms with van der Waals surface area (Å²) in [7, 11) is 1.57. The van der Waals surface area contributed by atoms with Crippen LogP contribution >= 0.6 is 0 Å². The maximum absolute atomic E-state index is 14.3. The van der Waals surface area contributed by atoms with Gasteiger partial charge in [-0.3, -0.25) is 9.59 Å². The Morgan fingerprint density at radius 1 is 1.16 bits per heavy atom. The van der Waals surface area contributed by atoms with E-state index in [1.165, 1.54) is 5.57 Å². The lowest BCUT2D eigenvalue weighted by atomic mass is 9.70. The third-order valence-electron chi connectivity index (χ3n) is 11.4. The standard InChI is InChI=1S/C39H58O10/c1-9-10-13-24(4)36(41)47-33-26(6)27(7)48-38(34(33)40)20-30-19-29(49-38)16-15-23(3)17-22(2)12-11-14-28-21-45-35-32(44-8)25(5)18-31(37(42)46-30)39(28,35)43/h11-12,14-15,18,22,24,26-27,29-35,40,43H,9-10,13,16-17,19-21H2,1-8H3. The van der Waals surface area contributed by atoms with Crippen LogP contribution in [-0.2, 0) is 38.0 Å². The van der Waals surface area contributed by atoms with Crippen LogP contribution in [0.5, 0.6) is 0 Å². The van der Waals surface area contributed by atoms with Gasteiger partial charge in [-0.2, -0.15) is 0 Å². The Labute approximate surface area is 291 Å². The number of carbonyl (C=O) groups excluding carboxylic acids is 2. The van der Waals surface area contributed by atoms with Crippen molar-refractivity contribution in [1.29, 1.82) is 0 Å². The fraction of sp³-hybridized carbons (Fsp3) is 0.744. The van der Waals surface area contributed by atoms with Gasteiger partial charge in [-0.05, 0) is 57.1 Å². The number of fused-ring (bicyclic) bond motifs is 2. The molecule has 0 aromatic rings. The summed E-state index contributed by atoms with van der Waals surface area (Å²) in [5.41, 5.74) is 0.847. The molecule has 1 aliphatic carbocycles. The van der Waals surface area contributed by atoms with Gasteiger partial charge in [0.05, 0.1) is 24.7 Å². The SMILES string of the molecule is CCCCC(C)C(=O)OC1C(C)C(C)OC2(CC3CC(CC=C(C)CC(C)C=CC=C4COC5C(OC)C(C)=CC(C(=O)O3)C45O)O2)C1O. The van der Waals surface area contributed by atoms with Crippen molar-refractivity contribution >= 4 is 11.9 Å². The van der Waals surface area contributed by atoms with E-state index in [1.807, 2.05) is 39.8 Å². The molecule has 3 fully saturated rings. The van der Waals surface area contributed by atoms with Crippen molar-refractivity contribution in [3.8, 4) is 0 Å². The fourth-order valence-corrected chi connectivity index (χ4v) is 8.27. The van der Waals surface area contributed by atoms with Gasteiger partial charge in [-0.25, -0.2) is 0 Å². The minimum absolute atomic E-state index is 0.0343. The number of methoxy groups -OCH3 is 1. The molecule has 10 heteroatoms. The summed E-state index contributed by atoms with van der Waals surface area (Å²) in [5, 5.41) is 24.4. The Morgan fingerprint density at radius 2 is 1.92 bits per heavy atom. The van der Waals surface area contributed by atoms with Gasteiger partial charge < -0.3 is 38.6 Å². The number of unbranched alkanes of at least 4 members (excludes halogenated alkanes) is 1. The normalized spacial score (nSPS) is 42.0. The molecule has 10 nitrogen and oxygen atoms in total. The van der Waals surface area contributed by atoms with E-state index >= 15 is 0 Å². The van der Waals surface area contributed by atoms with E-state index < -0.39 is 66.0 Å². The van der Waals surface area contributed by atoms with Crippen molar-refractivity contribution in [3.05, 3.63) is 47.1 Å². The van der Waals surface area contributed by atoms with E-state index in [4.69, 9.17) is 28.4 Å². The van der Waals surface area contributed by atoms with Crippen molar-refractivity contribution in [1.82, 2.24) is 0 Å². The smallest absolute Gasteiger partial charge is 0.316 e. The molecule has 0 aromatic heterocycles. The number of esters is 2. The molecule has 3 saturated heterocycles. The molecule has 4 aliphatic heterocycles. The number of allylic oxidation sites excluding steroid dienone is 4. The summed E-state index contributed by atoms with van der Waals surface area (Å²) in [6.07, 6.45) is 8.91. The average Bonchev–Trinajstić information content (AvgIpc) is 3.39. The van der Waals surface area contributed by atoms with Gasteiger partial charge in [0.25, 0.3) is 0 Å². The first kappa shape index (κ1) is 37.9. The van der Waals surface area contributed by atoms with Crippen molar-refractivity contribution in [2.45, 2.75) is 148 Å². The number of carbonyl (C=O) groups is 2. The predicted octanol–water partition coefficient (Wildman–Crippen LogP) is 5.51. The average molecular weight is 687 g/mol. The maximum Gasteiger partial charge on any atom is 0.316 e. The number of hydrogen-bond acceptors (Lipinski definition) is 10. The second-order valence-electron chi connectivity index (χ2n) is 15.3. The van der Waals surface area contributed by atoms with E-state index in [2.05, 4.69) is 32.9 Å². The highest BCUT2D eigenvalue weighted by Gasteiger charge is 2.62. The summed E-state index contributed by atoms with van der Waals surface area (Å²) < 4.78 is 37.4. The van der Waals surface area contributed by atoms with Crippen LogP contribution in [0.3, 0.4) is 0 Å². The molecule has 0 amide bonds. The lowest BCUT2D eigenvalue weighted by Crippen LogP contribution is -2.67. The lowest BCUT2D eigenvalue weighted by molar-refractivity contribution is -0.383. The van der Waals surface area contributed by atoms with Crippen LogP contribution in [0.15, 0.2) is 47.1 Å². The largest absolute Gasteiger partial charge is 0.462 e. The number of aliphatic hydroxyl groups is 2. The maximum atomic E-state index is 14.3. The van der Waals surface area contributed by atoms with Crippen LogP contribution in [0.2, 0.25) is 0 Å². The van der Waals surface area contributed by atoms with Crippen LogP contribution in [-0.4, -0.2) is 90.0 Å². The summed E-state index contributed by atoms with van der Waals surface area (Å²) in [6, 6.07) is 0. The van der Waals surface area contributed by atoms with Crippen LogP contribution in [0.4, 0.5) is 0 Å². The van der Waals surface area contributed by atoms with Crippen molar-refractivity contribution in [2.24, 2.45) is 23.7 Å². The van der Waals surface area contributed by atoms with E-state index in [1.54, 1.807) is 13.2 Å². The highest BCUT2D eigenvalue weighted by atomic mass is 16.7. The Hall–Kier alpha value is -2.34. The second kappa shape index (κ2) is 15.5. The second-order valence-corrected chi connectivity index (χ2v) is 15.3. The Bertz CT molecular complexity index is 1330. The van der Waals surface area contributed by atoms with Gasteiger partial charge in [0, 0.05) is 25.9 Å². The highest BCUT2D eigenvalue weighted by molar-refractivity contribution is 5.78. The highest BCUT2D eigenvalue weighted by Crippen LogP contribution is 2.48. The molecule has 13 atom stereocenters. The summed E-state index contributed by atoms with van der Waals surface area (Å²) in [6.45, 7) is 13.9. The molecule has 274 valence electrons. The van der Waals surface area contributed by atoms with E-state index in [9.17, 15) is 19.8 Å². The molecule has 2 N–H and O–H groups in total. The molecule has 5 rings (SSSR count). The molecule has 2 bridgehead atoms. The number of rotatable bonds is 6. The van der Waals surface area contributed by atoms with Crippen molar-refractivity contribution in [2.75, 3.05) is 13.7 Å². The Balaban J connectivity index is 1.50. The van der Waals surface area contributed by atoms with E-state index in [-0.39, 0.29) is 36.8 Å². The van der Waals surface area contributed by atoms with Gasteiger partial charge >= 0.3 is 11.9 Å². The zero-order chi connectivity index (χ0) is 35.7. The predicted molar refractivity (Wildman–Crippen MR) is 183 cm³/mol. The molecule has 4 heterocycles. The molecular formula is C39H58O10. The monoisotopic (exact) mass is 686 g/mol. The van der Waals surface area contributed by atoms with Gasteiger partial charge in [-0.1, -0.05) is 76.5 Å². The lowest BCUT2D eigenvalue weighted by Gasteiger charge is -2.53. The van der Waals surface area contributed by atoms with Gasteiger partial charge in [0.1, 0.15) is 42.0 Å². The fourth-order valence-electron chi connectivity index (χ4n) is 8.27. The van der Waals surface area contributed by atoms with Crippen molar-refractivity contribution < 1.29 is 48.2 Å². The first-order chi connectivity index (χ1) is 23.2. The van der Waals surface area contributed by atoms with Gasteiger partial charge in [-0.15, -0.1) is 0 Å². The first-order valence-corrected chi connectivity index (χ1v) is 18.3. The minimum atomic E-state index is -1.68. The van der Waals surface area contributed by atoms with Gasteiger partial charge in [0.2, 0.25) is 5.79 Å². The zero-order valence-corrected chi connectivity index (χ0v) is 30.6. The number of aliphatic hydroxyl groups excluding tert-OH is 1. The van der Waals surface area contributed by atoms with E-state index in [0.29, 0.717) is 24.8 Å². The van der Waals surface area contributed by atoms with E-state index in [0.717, 1.165) is 24.8 Å². The quantitative estimate of drug-likeness (QED) is 0.273. The number of hydrogen-bond donors (Lipinski definition) is 2. The third-order valence-corrected chi connectivity index (χ3v) is 11.4. The Kier molecular flexibility index (Phi) is 12.0. The molecule has 0 aromatic carbocycles. The summed E-state index contributed by atoms with van der Waals surface area (Å²) in [4.78, 5) is 27.5. The van der Waals surface area contributed by atoms with Crippen LogP contribution < -0.4 is 0 Å². The molecule has 1 spiro atoms. The Morgan fingerprint density at radius 3 is 2.63 bits per heavy atom. The number of ether oxygens (including phenoxy) is 6. The summed E-state index contributed by atoms with van der Waals surface area (Å²) in [5.74, 6) is -4.00. The van der Waals surface area contributed by atoms with Crippen molar-refractivity contribution in [3.63, 3.8) is 0 Å². The van der Waals surface area contributed by atoms with Crippen LogP contribution in [0.25, 0.3) is 0 Å². The molecule has 0 radical (unpaired) electrons. The summed E-state index contributed by atoms with van der Waals surface area (Å²) >= 11 is 0. The van der Waals surface area contributed by atoms with Crippen LogP contribution in [0.1, 0.15) is 93.4 Å². The molecule has 0 saturated carbocycles. The zero-order valence-electron chi connectivity index (χ0n) is 30.6. The third kappa shape index (κ3) is 7.65. The molecule has 49 heavy (non-hydrogen) atoms. The molecule has 5 aliphatic rings. The first-order valence-electron chi connectivity index (χ1n) is 18.3. The molecular weight excluding hydrogens is 628 g/mol. The molecule has 13 unspecified atom stereocenters.